The van der Waals surface area contributed by atoms with E-state index in [0.717, 1.165) is 32.4 Å². The van der Waals surface area contributed by atoms with Gasteiger partial charge in [0.05, 0.1) is 16.6 Å². The maximum Gasteiger partial charge on any atom is 0.264 e. The van der Waals surface area contributed by atoms with E-state index in [1.807, 2.05) is 49.1 Å². The highest BCUT2D eigenvalue weighted by atomic mass is 32.2. The van der Waals surface area contributed by atoms with Crippen molar-refractivity contribution in [2.24, 2.45) is 0 Å². The van der Waals surface area contributed by atoms with Gasteiger partial charge in [0.25, 0.3) is 21.5 Å². The van der Waals surface area contributed by atoms with E-state index in [0.29, 0.717) is 10.2 Å². The zero-order valence-electron chi connectivity index (χ0n) is 17.7. The van der Waals surface area contributed by atoms with Crippen LogP contribution in [0.5, 0.6) is 0 Å². The molecule has 0 spiro atoms. The van der Waals surface area contributed by atoms with Gasteiger partial charge < -0.3 is 0 Å². The van der Waals surface area contributed by atoms with Gasteiger partial charge in [-0.1, -0.05) is 41.5 Å². The molecule has 2 heterocycles. The number of thiophene rings is 1. The smallest absolute Gasteiger partial charge is 0.264 e. The number of sulfonamides is 1. The Labute approximate surface area is 189 Å². The van der Waals surface area contributed by atoms with E-state index in [4.69, 9.17) is 0 Å². The van der Waals surface area contributed by atoms with Crippen molar-refractivity contribution >= 4 is 37.5 Å². The highest BCUT2D eigenvalue weighted by Gasteiger charge is 2.20. The zero-order valence-corrected chi connectivity index (χ0v) is 19.4. The molecule has 0 aliphatic carbocycles. The number of aryl methyl sites for hydroxylation is 3. The maximum absolute atomic E-state index is 13.2. The number of rotatable bonds is 5. The Morgan fingerprint density at radius 2 is 1.72 bits per heavy atom. The Balaban J connectivity index is 1.65. The van der Waals surface area contributed by atoms with Crippen molar-refractivity contribution < 1.29 is 13.2 Å². The monoisotopic (exact) mass is 467 g/mol. The number of benzene rings is 2. The second-order valence-electron chi connectivity index (χ2n) is 7.67. The number of nitrogens with zero attached hydrogens (tertiary/aromatic N) is 2. The summed E-state index contributed by atoms with van der Waals surface area (Å²) in [6.45, 7) is 5.35. The van der Waals surface area contributed by atoms with Gasteiger partial charge in [0.15, 0.2) is 0 Å². The number of fused-ring (bicyclic) bond motifs is 1. The van der Waals surface area contributed by atoms with Gasteiger partial charge in [-0.3, -0.25) is 14.2 Å². The molecule has 0 fully saturated rings. The summed E-state index contributed by atoms with van der Waals surface area (Å²) in [5.74, 6) is -0.822. The molecule has 32 heavy (non-hydrogen) atoms. The van der Waals surface area contributed by atoms with E-state index < -0.39 is 28.0 Å². The first-order valence-electron chi connectivity index (χ1n) is 9.82. The topological polar surface area (TPSA) is 98.1 Å². The van der Waals surface area contributed by atoms with Crippen LogP contribution in [0.3, 0.4) is 0 Å². The molecule has 0 radical (unpaired) electrons. The molecule has 0 unspecified atom stereocenters. The second kappa shape index (κ2) is 8.33. The average molecular weight is 468 g/mol. The van der Waals surface area contributed by atoms with E-state index in [2.05, 4.69) is 4.98 Å². The summed E-state index contributed by atoms with van der Waals surface area (Å²) in [6, 6.07) is 12.1. The van der Waals surface area contributed by atoms with Crippen LogP contribution >= 0.6 is 11.3 Å². The lowest BCUT2D eigenvalue weighted by atomic mass is 9.99. The van der Waals surface area contributed by atoms with Crippen molar-refractivity contribution in [2.75, 3.05) is 0 Å². The lowest BCUT2D eigenvalue weighted by Gasteiger charge is -2.09. The number of hydrogen-bond acceptors (Lipinski definition) is 6. The summed E-state index contributed by atoms with van der Waals surface area (Å²) in [5, 5.41) is 2.29. The lowest BCUT2D eigenvalue weighted by molar-refractivity contribution is -0.119. The van der Waals surface area contributed by atoms with Gasteiger partial charge in [0, 0.05) is 10.9 Å². The molecule has 0 saturated carbocycles. The molecule has 1 amide bonds. The lowest BCUT2D eigenvalue weighted by Crippen LogP contribution is -2.36. The molecule has 0 bridgehead atoms. The summed E-state index contributed by atoms with van der Waals surface area (Å²) in [7, 11) is -4.04. The van der Waals surface area contributed by atoms with Crippen LogP contribution in [0.2, 0.25) is 0 Å². The molecule has 1 N–H and O–H groups in total. The molecule has 0 atom stereocenters. The molecule has 0 aliphatic rings. The zero-order chi connectivity index (χ0) is 23.0. The van der Waals surface area contributed by atoms with Gasteiger partial charge in [-0.05, 0) is 44.0 Å². The number of carbonyl (C=O) groups is 1. The second-order valence-corrected chi connectivity index (χ2v) is 10.2. The molecule has 9 heteroatoms. The van der Waals surface area contributed by atoms with Crippen molar-refractivity contribution in [1.29, 1.82) is 0 Å². The largest absolute Gasteiger partial charge is 0.289 e. The predicted octanol–water partition coefficient (Wildman–Crippen LogP) is 3.56. The van der Waals surface area contributed by atoms with Crippen LogP contribution in [0.1, 0.15) is 16.7 Å². The third kappa shape index (κ3) is 4.21. The molecular weight excluding hydrogens is 446 g/mol. The van der Waals surface area contributed by atoms with Gasteiger partial charge >= 0.3 is 0 Å². The van der Waals surface area contributed by atoms with Crippen molar-refractivity contribution in [3.05, 3.63) is 81.2 Å². The summed E-state index contributed by atoms with van der Waals surface area (Å²) in [4.78, 5) is 30.5. The highest BCUT2D eigenvalue weighted by molar-refractivity contribution is 7.90. The summed E-state index contributed by atoms with van der Waals surface area (Å²) < 4.78 is 28.1. The Bertz CT molecular complexity index is 1500. The molecule has 164 valence electrons. The Hall–Kier alpha value is -3.30. The minimum atomic E-state index is -4.04. The quantitative estimate of drug-likeness (QED) is 0.484. The summed E-state index contributed by atoms with van der Waals surface area (Å²) in [5.41, 5.74) is 4.33. The Morgan fingerprint density at radius 3 is 2.41 bits per heavy atom. The summed E-state index contributed by atoms with van der Waals surface area (Å²) >= 11 is 1.35. The third-order valence-corrected chi connectivity index (χ3v) is 7.40. The SMILES string of the molecule is Cc1ccc(S(=O)(=O)NC(=O)Cn2cnc3scc(-c4ccc(C)cc4C)c3c2=O)cc1. The molecule has 0 aliphatic heterocycles. The van der Waals surface area contributed by atoms with E-state index in [-0.39, 0.29) is 4.90 Å². The van der Waals surface area contributed by atoms with E-state index in [1.165, 1.54) is 29.8 Å². The van der Waals surface area contributed by atoms with Crippen molar-refractivity contribution in [2.45, 2.75) is 32.2 Å². The van der Waals surface area contributed by atoms with Crippen LogP contribution in [-0.4, -0.2) is 23.9 Å². The Morgan fingerprint density at radius 1 is 1.03 bits per heavy atom. The molecule has 4 aromatic rings. The minimum Gasteiger partial charge on any atom is -0.289 e. The Kier molecular flexibility index (Phi) is 5.70. The molecule has 2 aromatic heterocycles. The van der Waals surface area contributed by atoms with Gasteiger partial charge in [0.2, 0.25) is 0 Å². The molecule has 0 saturated heterocycles. The number of hydrogen-bond donors (Lipinski definition) is 1. The molecular formula is C23H21N3O4S2. The van der Waals surface area contributed by atoms with Crippen molar-refractivity contribution in [3.8, 4) is 11.1 Å². The van der Waals surface area contributed by atoms with Crippen LogP contribution in [0.4, 0.5) is 0 Å². The van der Waals surface area contributed by atoms with Gasteiger partial charge in [-0.15, -0.1) is 11.3 Å². The number of aromatic nitrogens is 2. The van der Waals surface area contributed by atoms with Gasteiger partial charge in [-0.25, -0.2) is 18.1 Å². The summed E-state index contributed by atoms with van der Waals surface area (Å²) in [6.07, 6.45) is 1.27. The highest BCUT2D eigenvalue weighted by Crippen LogP contribution is 2.33. The van der Waals surface area contributed by atoms with Crippen LogP contribution in [0.15, 0.2) is 63.9 Å². The van der Waals surface area contributed by atoms with Crippen molar-refractivity contribution in [3.63, 3.8) is 0 Å². The van der Waals surface area contributed by atoms with Crippen molar-refractivity contribution in [1.82, 2.24) is 14.3 Å². The molecule has 2 aromatic carbocycles. The number of nitrogens with one attached hydrogen (secondary N) is 1. The van der Waals surface area contributed by atoms with E-state index >= 15 is 0 Å². The molecule has 7 nitrogen and oxygen atoms in total. The van der Waals surface area contributed by atoms with E-state index in [9.17, 15) is 18.0 Å². The van der Waals surface area contributed by atoms with Gasteiger partial charge in [0.1, 0.15) is 11.4 Å². The standard InChI is InChI=1S/C23H21N3O4S2/c1-14-4-7-17(8-5-14)32(29,30)25-20(27)11-26-13-24-22-21(23(26)28)19(12-31-22)18-9-6-15(2)10-16(18)3/h4-10,12-13H,11H2,1-3H3,(H,25,27). The van der Waals surface area contributed by atoms with Crippen LogP contribution in [0, 0.1) is 20.8 Å². The minimum absolute atomic E-state index is 0.0210. The first-order chi connectivity index (χ1) is 15.2. The molecule has 4 rings (SSSR count). The maximum atomic E-state index is 13.2. The number of carbonyl (C=O) groups excluding carboxylic acids is 1. The van der Waals surface area contributed by atoms with Crippen LogP contribution in [0.25, 0.3) is 21.3 Å². The first-order valence-corrected chi connectivity index (χ1v) is 12.2. The fourth-order valence-electron chi connectivity index (χ4n) is 3.51. The average Bonchev–Trinajstić information content (AvgIpc) is 3.14. The normalized spacial score (nSPS) is 11.6. The number of amides is 1. The van der Waals surface area contributed by atoms with E-state index in [1.54, 1.807) is 12.1 Å². The van der Waals surface area contributed by atoms with Crippen LogP contribution < -0.4 is 10.3 Å². The predicted molar refractivity (Wildman–Crippen MR) is 125 cm³/mol. The fraction of sp³-hybridized carbons (Fsp3) is 0.174. The van der Waals surface area contributed by atoms with Crippen LogP contribution in [-0.2, 0) is 21.4 Å². The van der Waals surface area contributed by atoms with Gasteiger partial charge in [-0.2, -0.15) is 0 Å². The first kappa shape index (κ1) is 21.9. The fourth-order valence-corrected chi connectivity index (χ4v) is 5.38. The third-order valence-electron chi connectivity index (χ3n) is 5.13.